The van der Waals surface area contributed by atoms with Crippen molar-refractivity contribution in [2.75, 3.05) is 27.4 Å². The van der Waals surface area contributed by atoms with Gasteiger partial charge < -0.3 is 10.1 Å². The van der Waals surface area contributed by atoms with Crippen LogP contribution in [-0.4, -0.2) is 39.3 Å². The van der Waals surface area contributed by atoms with Crippen LogP contribution < -0.4 is 10.6 Å². The lowest BCUT2D eigenvalue weighted by molar-refractivity contribution is -0.119. The molecule has 0 radical (unpaired) electrons. The molecule has 0 amide bonds. The maximum absolute atomic E-state index is 11.2. The van der Waals surface area contributed by atoms with Crippen molar-refractivity contribution in [2.45, 2.75) is 32.2 Å². The standard InChI is InChI=1S/C10H22N2O2/c1-9(13)10(12-8-14-3)6-4-5-7-11-2/h10-12H,4-8H2,1-3H3. The summed E-state index contributed by atoms with van der Waals surface area (Å²) < 4.78 is 4.87. The van der Waals surface area contributed by atoms with E-state index >= 15 is 0 Å². The number of ether oxygens (including phenoxy) is 1. The lowest BCUT2D eigenvalue weighted by Crippen LogP contribution is -2.36. The Morgan fingerprint density at radius 1 is 1.43 bits per heavy atom. The quantitative estimate of drug-likeness (QED) is 0.423. The summed E-state index contributed by atoms with van der Waals surface area (Å²) in [5.74, 6) is 0.187. The fourth-order valence-corrected chi connectivity index (χ4v) is 1.28. The third kappa shape index (κ3) is 7.00. The molecule has 4 nitrogen and oxygen atoms in total. The Kier molecular flexibility index (Phi) is 8.83. The molecule has 1 atom stereocenters. The third-order valence-corrected chi connectivity index (χ3v) is 2.13. The monoisotopic (exact) mass is 202 g/mol. The van der Waals surface area contributed by atoms with Gasteiger partial charge in [-0.05, 0) is 33.4 Å². The minimum absolute atomic E-state index is 0.0493. The van der Waals surface area contributed by atoms with Crippen molar-refractivity contribution in [1.82, 2.24) is 10.6 Å². The van der Waals surface area contributed by atoms with E-state index in [9.17, 15) is 4.79 Å². The fourth-order valence-electron chi connectivity index (χ4n) is 1.28. The van der Waals surface area contributed by atoms with E-state index in [1.165, 1.54) is 0 Å². The van der Waals surface area contributed by atoms with Crippen LogP contribution in [-0.2, 0) is 9.53 Å². The summed E-state index contributed by atoms with van der Waals surface area (Å²) in [6.07, 6.45) is 3.05. The predicted octanol–water partition coefficient (Wildman–Crippen LogP) is 0.527. The van der Waals surface area contributed by atoms with Crippen LogP contribution in [0.15, 0.2) is 0 Å². The second-order valence-corrected chi connectivity index (χ2v) is 3.40. The largest absolute Gasteiger partial charge is 0.370 e. The predicted molar refractivity (Wildman–Crippen MR) is 57.3 cm³/mol. The Bertz CT molecular complexity index is 151. The molecule has 1 unspecified atom stereocenters. The highest BCUT2D eigenvalue weighted by molar-refractivity contribution is 5.81. The molecule has 0 aromatic carbocycles. The number of unbranched alkanes of at least 4 members (excludes halogenated alkanes) is 1. The molecular weight excluding hydrogens is 180 g/mol. The highest BCUT2D eigenvalue weighted by atomic mass is 16.5. The van der Waals surface area contributed by atoms with Crippen LogP contribution in [0.5, 0.6) is 0 Å². The van der Waals surface area contributed by atoms with E-state index in [-0.39, 0.29) is 11.8 Å². The molecule has 0 saturated carbocycles. The zero-order valence-electron chi connectivity index (χ0n) is 9.43. The maximum Gasteiger partial charge on any atom is 0.146 e. The SMILES string of the molecule is CNCCCCC(NCOC)C(C)=O. The number of carbonyl (C=O) groups excluding carboxylic acids is 1. The third-order valence-electron chi connectivity index (χ3n) is 2.13. The van der Waals surface area contributed by atoms with E-state index in [0.29, 0.717) is 6.73 Å². The zero-order valence-corrected chi connectivity index (χ0v) is 9.43. The molecule has 0 aromatic rings. The van der Waals surface area contributed by atoms with Gasteiger partial charge in [0.25, 0.3) is 0 Å². The highest BCUT2D eigenvalue weighted by Crippen LogP contribution is 2.01. The van der Waals surface area contributed by atoms with Crippen LogP contribution in [0.2, 0.25) is 0 Å². The van der Waals surface area contributed by atoms with Gasteiger partial charge in [-0.1, -0.05) is 6.42 Å². The first-order valence-corrected chi connectivity index (χ1v) is 5.09. The molecule has 0 spiro atoms. The molecule has 0 heterocycles. The van der Waals surface area contributed by atoms with Gasteiger partial charge >= 0.3 is 0 Å². The van der Waals surface area contributed by atoms with Gasteiger partial charge in [-0.15, -0.1) is 0 Å². The van der Waals surface area contributed by atoms with E-state index in [4.69, 9.17) is 4.74 Å². The average molecular weight is 202 g/mol. The zero-order chi connectivity index (χ0) is 10.8. The van der Waals surface area contributed by atoms with Crippen LogP contribution in [0.1, 0.15) is 26.2 Å². The molecular formula is C10H22N2O2. The molecule has 84 valence electrons. The molecule has 0 aliphatic rings. The molecule has 0 rings (SSSR count). The van der Waals surface area contributed by atoms with Crippen molar-refractivity contribution >= 4 is 5.78 Å². The molecule has 14 heavy (non-hydrogen) atoms. The highest BCUT2D eigenvalue weighted by Gasteiger charge is 2.11. The van der Waals surface area contributed by atoms with Gasteiger partial charge in [-0.3, -0.25) is 10.1 Å². The second kappa shape index (κ2) is 9.12. The van der Waals surface area contributed by atoms with Crippen LogP contribution in [0.25, 0.3) is 0 Å². The summed E-state index contributed by atoms with van der Waals surface area (Å²) in [6.45, 7) is 3.07. The smallest absolute Gasteiger partial charge is 0.146 e. The Labute approximate surface area is 86.4 Å². The van der Waals surface area contributed by atoms with Crippen molar-refractivity contribution in [3.8, 4) is 0 Å². The van der Waals surface area contributed by atoms with Crippen molar-refractivity contribution in [2.24, 2.45) is 0 Å². The summed E-state index contributed by atoms with van der Waals surface area (Å²) in [5, 5.41) is 6.14. The minimum Gasteiger partial charge on any atom is -0.370 e. The van der Waals surface area contributed by atoms with Gasteiger partial charge in [0.2, 0.25) is 0 Å². The summed E-state index contributed by atoms with van der Waals surface area (Å²) >= 11 is 0. The van der Waals surface area contributed by atoms with Crippen LogP contribution >= 0.6 is 0 Å². The van der Waals surface area contributed by atoms with Gasteiger partial charge in [0.1, 0.15) is 5.78 Å². The molecule has 0 aromatic heterocycles. The number of carbonyl (C=O) groups is 1. The minimum atomic E-state index is -0.0493. The molecule has 0 saturated heterocycles. The molecule has 2 N–H and O–H groups in total. The summed E-state index contributed by atoms with van der Waals surface area (Å²) in [7, 11) is 3.55. The van der Waals surface area contributed by atoms with Gasteiger partial charge in [-0.25, -0.2) is 0 Å². The molecule has 0 aliphatic heterocycles. The summed E-state index contributed by atoms with van der Waals surface area (Å²) in [5.41, 5.74) is 0. The van der Waals surface area contributed by atoms with E-state index < -0.39 is 0 Å². The van der Waals surface area contributed by atoms with Gasteiger partial charge in [0.15, 0.2) is 0 Å². The number of hydrogen-bond acceptors (Lipinski definition) is 4. The Balaban J connectivity index is 3.57. The number of ketones is 1. The van der Waals surface area contributed by atoms with Crippen molar-refractivity contribution < 1.29 is 9.53 Å². The van der Waals surface area contributed by atoms with Crippen LogP contribution in [0, 0.1) is 0 Å². The molecule has 0 aliphatic carbocycles. The van der Waals surface area contributed by atoms with E-state index in [1.54, 1.807) is 14.0 Å². The lowest BCUT2D eigenvalue weighted by atomic mass is 10.1. The number of methoxy groups -OCH3 is 1. The van der Waals surface area contributed by atoms with Gasteiger partial charge in [0, 0.05) is 7.11 Å². The second-order valence-electron chi connectivity index (χ2n) is 3.40. The number of rotatable bonds is 9. The molecule has 4 heteroatoms. The van der Waals surface area contributed by atoms with Crippen LogP contribution in [0.3, 0.4) is 0 Å². The van der Waals surface area contributed by atoms with Crippen LogP contribution in [0.4, 0.5) is 0 Å². The first-order chi connectivity index (χ1) is 6.72. The average Bonchev–Trinajstić information content (AvgIpc) is 2.16. The van der Waals surface area contributed by atoms with E-state index in [1.807, 2.05) is 7.05 Å². The topological polar surface area (TPSA) is 50.4 Å². The van der Waals surface area contributed by atoms with Gasteiger partial charge in [-0.2, -0.15) is 0 Å². The lowest BCUT2D eigenvalue weighted by Gasteiger charge is -2.14. The summed E-state index contributed by atoms with van der Waals surface area (Å²) in [4.78, 5) is 11.2. The Morgan fingerprint density at radius 3 is 2.64 bits per heavy atom. The normalized spacial score (nSPS) is 12.8. The first kappa shape index (κ1) is 13.5. The summed E-state index contributed by atoms with van der Waals surface area (Å²) in [6, 6.07) is -0.0493. The van der Waals surface area contributed by atoms with E-state index in [2.05, 4.69) is 10.6 Å². The Morgan fingerprint density at radius 2 is 2.14 bits per heavy atom. The van der Waals surface area contributed by atoms with E-state index in [0.717, 1.165) is 25.8 Å². The number of Topliss-reactive ketones (excluding diaryl/α,β-unsaturated/α-hetero) is 1. The molecule has 0 bridgehead atoms. The van der Waals surface area contributed by atoms with Gasteiger partial charge in [0.05, 0.1) is 12.8 Å². The van der Waals surface area contributed by atoms with Crippen molar-refractivity contribution in [3.63, 3.8) is 0 Å². The molecule has 0 fully saturated rings. The first-order valence-electron chi connectivity index (χ1n) is 5.09. The van der Waals surface area contributed by atoms with Crippen molar-refractivity contribution in [1.29, 1.82) is 0 Å². The number of hydrogen-bond donors (Lipinski definition) is 2. The fraction of sp³-hybridized carbons (Fsp3) is 0.900. The Hall–Kier alpha value is -0.450. The maximum atomic E-state index is 11.2. The van der Waals surface area contributed by atoms with Crippen molar-refractivity contribution in [3.05, 3.63) is 0 Å². The number of nitrogens with one attached hydrogen (secondary N) is 2.